The summed E-state index contributed by atoms with van der Waals surface area (Å²) in [6.45, 7) is 2.91. The lowest BCUT2D eigenvalue weighted by Crippen LogP contribution is -2.25. The molecule has 0 amide bonds. The Kier molecular flexibility index (Phi) is 5.07. The first-order chi connectivity index (χ1) is 12.1. The standard InChI is InChI=1S/C19H19F2N3O/c1-13-7-3-6-10-16(13)25-12-11-24(2)19-14-8-4-5-9-15(14)22-18(23-19)17(20)21/h3-10,17H,11-12H2,1-2H3. The summed E-state index contributed by atoms with van der Waals surface area (Å²) < 4.78 is 32.0. The maximum Gasteiger partial charge on any atom is 0.297 e. The summed E-state index contributed by atoms with van der Waals surface area (Å²) in [5, 5.41) is 0.741. The summed E-state index contributed by atoms with van der Waals surface area (Å²) in [6, 6.07) is 14.9. The Labute approximate surface area is 145 Å². The second-order valence-electron chi connectivity index (χ2n) is 5.76. The summed E-state index contributed by atoms with van der Waals surface area (Å²) in [5.41, 5.74) is 1.56. The number of halogens is 2. The predicted octanol–water partition coefficient (Wildman–Crippen LogP) is 4.39. The first kappa shape index (κ1) is 17.1. The number of alkyl halides is 2. The molecule has 130 valence electrons. The van der Waals surface area contributed by atoms with Gasteiger partial charge in [-0.1, -0.05) is 30.3 Å². The van der Waals surface area contributed by atoms with Gasteiger partial charge in [0.15, 0.2) is 5.82 Å². The van der Waals surface area contributed by atoms with Crippen LogP contribution < -0.4 is 9.64 Å². The molecule has 0 aliphatic carbocycles. The molecule has 6 heteroatoms. The van der Waals surface area contributed by atoms with E-state index in [4.69, 9.17) is 4.74 Å². The highest BCUT2D eigenvalue weighted by Gasteiger charge is 2.17. The minimum absolute atomic E-state index is 0.420. The Morgan fingerprint density at radius 1 is 1.04 bits per heavy atom. The van der Waals surface area contributed by atoms with Crippen molar-refractivity contribution in [3.8, 4) is 5.75 Å². The lowest BCUT2D eigenvalue weighted by Gasteiger charge is -2.21. The number of aromatic nitrogens is 2. The molecule has 25 heavy (non-hydrogen) atoms. The average molecular weight is 343 g/mol. The van der Waals surface area contributed by atoms with Gasteiger partial charge in [0.1, 0.15) is 18.2 Å². The van der Waals surface area contributed by atoms with E-state index in [0.29, 0.717) is 24.5 Å². The highest BCUT2D eigenvalue weighted by Crippen LogP contribution is 2.26. The number of anilines is 1. The van der Waals surface area contributed by atoms with E-state index in [1.54, 1.807) is 12.1 Å². The molecular formula is C19H19F2N3O. The molecule has 0 aliphatic rings. The molecule has 2 aromatic carbocycles. The first-order valence-electron chi connectivity index (χ1n) is 8.00. The highest BCUT2D eigenvalue weighted by molar-refractivity contribution is 5.89. The largest absolute Gasteiger partial charge is 0.491 e. The van der Waals surface area contributed by atoms with E-state index >= 15 is 0 Å². The number of rotatable bonds is 6. The molecule has 3 aromatic rings. The molecular weight excluding hydrogens is 324 g/mol. The number of nitrogens with zero attached hydrogens (tertiary/aromatic N) is 3. The Morgan fingerprint density at radius 3 is 2.52 bits per heavy atom. The van der Waals surface area contributed by atoms with Crippen molar-refractivity contribution in [2.45, 2.75) is 13.3 Å². The number of hydrogen-bond donors (Lipinski definition) is 0. The monoisotopic (exact) mass is 343 g/mol. The fourth-order valence-corrected chi connectivity index (χ4v) is 2.58. The fraction of sp³-hybridized carbons (Fsp3) is 0.263. The Balaban J connectivity index is 1.79. The Hall–Kier alpha value is -2.76. The van der Waals surface area contributed by atoms with Crippen molar-refractivity contribution in [3.63, 3.8) is 0 Å². The predicted molar refractivity (Wildman–Crippen MR) is 94.4 cm³/mol. The smallest absolute Gasteiger partial charge is 0.297 e. The zero-order chi connectivity index (χ0) is 17.8. The minimum atomic E-state index is -2.71. The summed E-state index contributed by atoms with van der Waals surface area (Å²) in [6.07, 6.45) is -2.71. The molecule has 0 atom stereocenters. The first-order valence-corrected chi connectivity index (χ1v) is 8.00. The minimum Gasteiger partial charge on any atom is -0.491 e. The van der Waals surface area contributed by atoms with Crippen LogP contribution in [0.3, 0.4) is 0 Å². The molecule has 0 saturated carbocycles. The second kappa shape index (κ2) is 7.42. The van der Waals surface area contributed by atoms with Crippen molar-refractivity contribution in [1.29, 1.82) is 0 Å². The van der Waals surface area contributed by atoms with Crippen LogP contribution in [0.25, 0.3) is 10.9 Å². The van der Waals surface area contributed by atoms with Crippen LogP contribution in [0.4, 0.5) is 14.6 Å². The van der Waals surface area contributed by atoms with Crippen LogP contribution >= 0.6 is 0 Å². The second-order valence-corrected chi connectivity index (χ2v) is 5.76. The molecule has 0 saturated heterocycles. The van der Waals surface area contributed by atoms with E-state index in [1.165, 1.54) is 0 Å². The Bertz CT molecular complexity index is 870. The number of aryl methyl sites for hydroxylation is 1. The van der Waals surface area contributed by atoms with Gasteiger partial charge in [0.2, 0.25) is 0 Å². The molecule has 1 aromatic heterocycles. The highest BCUT2D eigenvalue weighted by atomic mass is 19.3. The molecule has 3 rings (SSSR count). The molecule has 1 heterocycles. The van der Waals surface area contributed by atoms with Gasteiger partial charge in [0.05, 0.1) is 12.1 Å². The van der Waals surface area contributed by atoms with Gasteiger partial charge in [0, 0.05) is 12.4 Å². The topological polar surface area (TPSA) is 38.2 Å². The van der Waals surface area contributed by atoms with Gasteiger partial charge >= 0.3 is 0 Å². The van der Waals surface area contributed by atoms with Crippen LogP contribution in [-0.2, 0) is 0 Å². The molecule has 4 nitrogen and oxygen atoms in total. The normalized spacial score (nSPS) is 11.1. The van der Waals surface area contributed by atoms with Crippen LogP contribution in [0.2, 0.25) is 0 Å². The number of para-hydroxylation sites is 2. The van der Waals surface area contributed by atoms with Crippen LogP contribution in [0.5, 0.6) is 5.75 Å². The van der Waals surface area contributed by atoms with Gasteiger partial charge in [-0.25, -0.2) is 18.7 Å². The van der Waals surface area contributed by atoms with Crippen molar-refractivity contribution in [1.82, 2.24) is 9.97 Å². The van der Waals surface area contributed by atoms with Crippen LogP contribution in [0.1, 0.15) is 17.8 Å². The van der Waals surface area contributed by atoms with E-state index in [2.05, 4.69) is 9.97 Å². The van der Waals surface area contributed by atoms with E-state index in [0.717, 1.165) is 16.7 Å². The van der Waals surface area contributed by atoms with Crippen LogP contribution in [0, 0.1) is 6.92 Å². The van der Waals surface area contributed by atoms with Crippen molar-refractivity contribution < 1.29 is 13.5 Å². The summed E-state index contributed by atoms with van der Waals surface area (Å²) >= 11 is 0. The lowest BCUT2D eigenvalue weighted by molar-refractivity contribution is 0.141. The molecule has 0 fully saturated rings. The SMILES string of the molecule is Cc1ccccc1OCCN(C)c1nc(C(F)F)nc2ccccc12. The summed E-state index contributed by atoms with van der Waals surface area (Å²) in [4.78, 5) is 9.80. The van der Waals surface area contributed by atoms with Crippen molar-refractivity contribution >= 4 is 16.7 Å². The zero-order valence-corrected chi connectivity index (χ0v) is 14.1. The van der Waals surface area contributed by atoms with Crippen LogP contribution in [-0.4, -0.2) is 30.2 Å². The third-order valence-electron chi connectivity index (χ3n) is 3.94. The van der Waals surface area contributed by atoms with Crippen molar-refractivity contribution in [2.75, 3.05) is 25.1 Å². The van der Waals surface area contributed by atoms with Crippen molar-refractivity contribution in [3.05, 3.63) is 59.9 Å². The molecule has 0 spiro atoms. The lowest BCUT2D eigenvalue weighted by atomic mass is 10.2. The van der Waals surface area contributed by atoms with Gasteiger partial charge in [-0.15, -0.1) is 0 Å². The van der Waals surface area contributed by atoms with Crippen LogP contribution in [0.15, 0.2) is 48.5 Å². The fourth-order valence-electron chi connectivity index (χ4n) is 2.58. The van der Waals surface area contributed by atoms with E-state index in [1.807, 2.05) is 55.3 Å². The van der Waals surface area contributed by atoms with E-state index in [9.17, 15) is 8.78 Å². The van der Waals surface area contributed by atoms with Gasteiger partial charge in [-0.2, -0.15) is 0 Å². The number of benzene rings is 2. The molecule has 0 aliphatic heterocycles. The van der Waals surface area contributed by atoms with Gasteiger partial charge in [-0.05, 0) is 30.7 Å². The Morgan fingerprint density at radius 2 is 1.76 bits per heavy atom. The zero-order valence-electron chi connectivity index (χ0n) is 14.1. The number of fused-ring (bicyclic) bond motifs is 1. The van der Waals surface area contributed by atoms with Gasteiger partial charge < -0.3 is 9.64 Å². The summed E-state index contributed by atoms with van der Waals surface area (Å²) in [7, 11) is 1.81. The maximum absolute atomic E-state index is 13.1. The number of ether oxygens (including phenoxy) is 1. The molecule has 0 radical (unpaired) electrons. The van der Waals surface area contributed by atoms with E-state index < -0.39 is 12.2 Å². The molecule has 0 unspecified atom stereocenters. The van der Waals surface area contributed by atoms with E-state index in [-0.39, 0.29) is 0 Å². The molecule has 0 N–H and O–H groups in total. The number of hydrogen-bond acceptors (Lipinski definition) is 4. The third-order valence-corrected chi connectivity index (χ3v) is 3.94. The molecule has 0 bridgehead atoms. The average Bonchev–Trinajstić information content (AvgIpc) is 2.62. The van der Waals surface area contributed by atoms with Crippen molar-refractivity contribution in [2.24, 2.45) is 0 Å². The summed E-state index contributed by atoms with van der Waals surface area (Å²) in [5.74, 6) is 0.839. The van der Waals surface area contributed by atoms with Gasteiger partial charge in [-0.3, -0.25) is 0 Å². The number of likely N-dealkylation sites (N-methyl/N-ethyl adjacent to an activating group) is 1. The van der Waals surface area contributed by atoms with Gasteiger partial charge in [0.25, 0.3) is 6.43 Å². The quantitative estimate of drug-likeness (QED) is 0.665. The maximum atomic E-state index is 13.1. The third kappa shape index (κ3) is 3.84.